The van der Waals surface area contributed by atoms with Gasteiger partial charge in [-0.1, -0.05) is 50.6 Å². The number of aromatic hydroxyl groups is 1. The molecule has 1 N–H and O–H groups in total. The zero-order chi connectivity index (χ0) is 13.2. The monoisotopic (exact) mass is 244 g/mol. The molecule has 0 unspecified atom stereocenters. The van der Waals surface area contributed by atoms with E-state index < -0.39 is 0 Å². The molecule has 18 heavy (non-hydrogen) atoms. The molecule has 0 spiro atoms. The fraction of sp³-hybridized carbons (Fsp3) is 0.250. The van der Waals surface area contributed by atoms with Gasteiger partial charge in [-0.2, -0.15) is 0 Å². The van der Waals surface area contributed by atoms with Crippen LogP contribution in [0.2, 0.25) is 0 Å². The number of phenolic OH excluding ortho intramolecular Hbond substituents is 1. The summed E-state index contributed by atoms with van der Waals surface area (Å²) in [6.07, 6.45) is 1.25. The molecule has 0 radical (unpaired) electrons. The van der Waals surface area contributed by atoms with Gasteiger partial charge in [-0.05, 0) is 29.8 Å². The van der Waals surface area contributed by atoms with Crippen LogP contribution < -0.4 is 4.74 Å². The van der Waals surface area contributed by atoms with Crippen LogP contribution in [0.3, 0.4) is 0 Å². The predicted octanol–water partition coefficient (Wildman–Crippen LogP) is 4.39. The van der Waals surface area contributed by atoms with Gasteiger partial charge in [-0.15, -0.1) is 0 Å². The van der Waals surface area contributed by atoms with Crippen LogP contribution >= 0.6 is 0 Å². The number of hydrogen-bond donors (Lipinski definition) is 1. The molecule has 0 aliphatic rings. The van der Waals surface area contributed by atoms with Crippen molar-refractivity contribution in [1.29, 1.82) is 0 Å². The highest BCUT2D eigenvalue weighted by Crippen LogP contribution is 2.17. The molecular formula is C16H20O2. The molecule has 0 saturated carbocycles. The second-order valence-electron chi connectivity index (χ2n) is 3.98. The molecule has 2 aromatic carbocycles. The van der Waals surface area contributed by atoms with Crippen LogP contribution in [0.1, 0.15) is 25.8 Å². The van der Waals surface area contributed by atoms with Gasteiger partial charge in [0.1, 0.15) is 18.1 Å². The Bertz CT molecular complexity index is 421. The zero-order valence-corrected chi connectivity index (χ0v) is 11.0. The summed E-state index contributed by atoms with van der Waals surface area (Å²) in [6.45, 7) is 4.80. The summed E-state index contributed by atoms with van der Waals surface area (Å²) < 4.78 is 5.54. The van der Waals surface area contributed by atoms with E-state index in [2.05, 4.69) is 13.8 Å². The molecule has 2 aromatic rings. The lowest BCUT2D eigenvalue weighted by Gasteiger charge is -2.05. The normalized spacial score (nSPS) is 9.22. The number of hydrogen-bond acceptors (Lipinski definition) is 2. The summed E-state index contributed by atoms with van der Waals surface area (Å²) in [5.41, 5.74) is 1.13. The molecule has 0 aliphatic carbocycles. The first-order valence-corrected chi connectivity index (χ1v) is 6.22. The zero-order valence-electron chi connectivity index (χ0n) is 11.0. The Morgan fingerprint density at radius 1 is 0.889 bits per heavy atom. The van der Waals surface area contributed by atoms with Crippen molar-refractivity contribution in [2.45, 2.75) is 26.9 Å². The van der Waals surface area contributed by atoms with Crippen LogP contribution in [-0.2, 0) is 6.61 Å². The highest BCUT2D eigenvalue weighted by Gasteiger charge is 1.95. The largest absolute Gasteiger partial charge is 0.508 e. The van der Waals surface area contributed by atoms with E-state index in [0.29, 0.717) is 6.61 Å². The van der Waals surface area contributed by atoms with Crippen molar-refractivity contribution in [2.24, 2.45) is 0 Å². The van der Waals surface area contributed by atoms with Gasteiger partial charge in [0.2, 0.25) is 0 Å². The Morgan fingerprint density at radius 3 is 2.00 bits per heavy atom. The van der Waals surface area contributed by atoms with Gasteiger partial charge in [-0.25, -0.2) is 0 Å². The average Bonchev–Trinajstić information content (AvgIpc) is 2.40. The maximum atomic E-state index is 9.09. The fourth-order valence-corrected chi connectivity index (χ4v) is 1.28. The molecular weight excluding hydrogens is 224 g/mol. The topological polar surface area (TPSA) is 29.5 Å². The van der Waals surface area contributed by atoms with Crippen LogP contribution in [0.4, 0.5) is 0 Å². The minimum Gasteiger partial charge on any atom is -0.508 e. The van der Waals surface area contributed by atoms with Gasteiger partial charge in [0, 0.05) is 0 Å². The van der Waals surface area contributed by atoms with E-state index in [1.165, 1.54) is 6.42 Å². The maximum absolute atomic E-state index is 9.09. The molecule has 0 saturated heterocycles. The first-order chi connectivity index (χ1) is 8.76. The third-order valence-electron chi connectivity index (χ3n) is 2.09. The fourth-order valence-electron chi connectivity index (χ4n) is 1.28. The van der Waals surface area contributed by atoms with Crippen molar-refractivity contribution in [3.05, 3.63) is 60.2 Å². The molecule has 2 heteroatoms. The van der Waals surface area contributed by atoms with Crippen LogP contribution in [0.15, 0.2) is 54.6 Å². The summed E-state index contributed by atoms with van der Waals surface area (Å²) in [5, 5.41) is 9.09. The van der Waals surface area contributed by atoms with Gasteiger partial charge in [0.25, 0.3) is 0 Å². The van der Waals surface area contributed by atoms with Crippen molar-refractivity contribution < 1.29 is 9.84 Å². The molecule has 0 amide bonds. The number of rotatable bonds is 3. The molecule has 0 atom stereocenters. The highest BCUT2D eigenvalue weighted by atomic mass is 16.5. The molecule has 0 heterocycles. The smallest absolute Gasteiger partial charge is 0.120 e. The Hall–Kier alpha value is -1.96. The van der Waals surface area contributed by atoms with Crippen LogP contribution in [0.5, 0.6) is 11.5 Å². The molecule has 0 aliphatic heterocycles. The molecule has 0 aromatic heterocycles. The van der Waals surface area contributed by atoms with Gasteiger partial charge >= 0.3 is 0 Å². The van der Waals surface area contributed by atoms with E-state index in [9.17, 15) is 0 Å². The quantitative estimate of drug-likeness (QED) is 0.867. The van der Waals surface area contributed by atoms with Crippen molar-refractivity contribution in [1.82, 2.24) is 0 Å². The summed E-state index contributed by atoms with van der Waals surface area (Å²) in [4.78, 5) is 0. The summed E-state index contributed by atoms with van der Waals surface area (Å²) in [5.74, 6) is 1.01. The van der Waals surface area contributed by atoms with Crippen molar-refractivity contribution in [3.63, 3.8) is 0 Å². The third-order valence-corrected chi connectivity index (χ3v) is 2.09. The Morgan fingerprint density at radius 2 is 1.44 bits per heavy atom. The first kappa shape index (κ1) is 14.1. The predicted molar refractivity (Wildman–Crippen MR) is 74.8 cm³/mol. The number of ether oxygens (including phenoxy) is 1. The van der Waals surface area contributed by atoms with E-state index in [-0.39, 0.29) is 5.75 Å². The Labute approximate surface area is 109 Å². The minimum absolute atomic E-state index is 0.252. The number of benzene rings is 2. The van der Waals surface area contributed by atoms with E-state index >= 15 is 0 Å². The average molecular weight is 244 g/mol. The molecule has 2 nitrogen and oxygen atoms in total. The first-order valence-electron chi connectivity index (χ1n) is 6.22. The molecule has 0 bridgehead atoms. The van der Waals surface area contributed by atoms with E-state index in [0.717, 1.165) is 11.3 Å². The van der Waals surface area contributed by atoms with Crippen molar-refractivity contribution in [2.75, 3.05) is 0 Å². The third kappa shape index (κ3) is 5.39. The van der Waals surface area contributed by atoms with Gasteiger partial charge in [-0.3, -0.25) is 0 Å². The summed E-state index contributed by atoms with van der Waals surface area (Å²) in [7, 11) is 0. The van der Waals surface area contributed by atoms with Gasteiger partial charge in [0.15, 0.2) is 0 Å². The maximum Gasteiger partial charge on any atom is 0.120 e. The van der Waals surface area contributed by atoms with E-state index in [1.807, 2.05) is 30.3 Å². The molecule has 2 rings (SSSR count). The number of phenols is 1. The lowest BCUT2D eigenvalue weighted by Crippen LogP contribution is -1.94. The Balaban J connectivity index is 0.000000492. The van der Waals surface area contributed by atoms with Gasteiger partial charge in [0.05, 0.1) is 0 Å². The Kier molecular flexibility index (Phi) is 6.41. The lowest BCUT2D eigenvalue weighted by molar-refractivity contribution is 0.305. The lowest BCUT2D eigenvalue weighted by atomic mass is 10.2. The SMILES string of the molecule is CCC.Oc1ccc(OCc2ccccc2)cc1. The van der Waals surface area contributed by atoms with Crippen LogP contribution in [0, 0.1) is 0 Å². The van der Waals surface area contributed by atoms with Crippen molar-refractivity contribution >= 4 is 0 Å². The standard InChI is InChI=1S/C13H12O2.C3H8/c14-12-6-8-13(9-7-12)15-10-11-4-2-1-3-5-11;1-3-2/h1-9,14H,10H2;3H2,1-2H3. The minimum atomic E-state index is 0.252. The van der Waals surface area contributed by atoms with Crippen molar-refractivity contribution in [3.8, 4) is 11.5 Å². The van der Waals surface area contributed by atoms with Crippen LogP contribution in [-0.4, -0.2) is 5.11 Å². The van der Waals surface area contributed by atoms with E-state index in [1.54, 1.807) is 24.3 Å². The van der Waals surface area contributed by atoms with Gasteiger partial charge < -0.3 is 9.84 Å². The van der Waals surface area contributed by atoms with Crippen LogP contribution in [0.25, 0.3) is 0 Å². The molecule has 96 valence electrons. The summed E-state index contributed by atoms with van der Waals surface area (Å²) in [6, 6.07) is 16.7. The second-order valence-corrected chi connectivity index (χ2v) is 3.98. The van der Waals surface area contributed by atoms with E-state index in [4.69, 9.17) is 9.84 Å². The molecule has 0 fully saturated rings. The second kappa shape index (κ2) is 8.18. The highest BCUT2D eigenvalue weighted by molar-refractivity contribution is 5.30. The summed E-state index contributed by atoms with van der Waals surface area (Å²) >= 11 is 0.